The number of fused-ring (bicyclic) bond motifs is 3. The summed E-state index contributed by atoms with van der Waals surface area (Å²) in [5.41, 5.74) is 2.71. The second-order valence-corrected chi connectivity index (χ2v) is 5.69. The molecule has 0 bridgehead atoms. The Labute approximate surface area is 117 Å². The highest BCUT2D eigenvalue weighted by molar-refractivity contribution is 5.79. The molecule has 4 nitrogen and oxygen atoms in total. The highest BCUT2D eigenvalue weighted by Gasteiger charge is 2.12. The first kappa shape index (κ1) is 12.9. The monoisotopic (exact) mass is 269 g/mol. The minimum Gasteiger partial charge on any atom is -0.315 e. The lowest BCUT2D eigenvalue weighted by atomic mass is 10.1. The molecule has 0 spiro atoms. The van der Waals surface area contributed by atoms with E-state index in [1.807, 2.05) is 31.2 Å². The second-order valence-electron chi connectivity index (χ2n) is 5.69. The van der Waals surface area contributed by atoms with Gasteiger partial charge >= 0.3 is 0 Å². The molecule has 0 saturated carbocycles. The highest BCUT2D eigenvalue weighted by Crippen LogP contribution is 2.16. The number of hydrogen-bond acceptors (Lipinski definition) is 2. The molecule has 0 N–H and O–H groups in total. The number of hydrogen-bond donors (Lipinski definition) is 0. The van der Waals surface area contributed by atoms with Crippen LogP contribution in [0.1, 0.15) is 26.0 Å². The Morgan fingerprint density at radius 2 is 2.00 bits per heavy atom. The predicted molar refractivity (Wildman–Crippen MR) is 81.2 cm³/mol. The van der Waals surface area contributed by atoms with Crippen molar-refractivity contribution in [1.82, 2.24) is 14.0 Å². The number of para-hydroxylation sites is 2. The topological polar surface area (TPSA) is 39.3 Å². The average molecular weight is 269 g/mol. The summed E-state index contributed by atoms with van der Waals surface area (Å²) in [6, 6.07) is 9.48. The Morgan fingerprint density at radius 3 is 2.75 bits per heavy atom. The van der Waals surface area contributed by atoms with Gasteiger partial charge < -0.3 is 4.57 Å². The van der Waals surface area contributed by atoms with Crippen LogP contribution in [0.3, 0.4) is 0 Å². The molecule has 2 aromatic heterocycles. The van der Waals surface area contributed by atoms with E-state index in [1.165, 1.54) is 0 Å². The molecule has 3 rings (SSSR count). The van der Waals surface area contributed by atoms with E-state index in [9.17, 15) is 4.79 Å². The van der Waals surface area contributed by atoms with Crippen molar-refractivity contribution in [3.8, 4) is 0 Å². The molecule has 0 amide bonds. The van der Waals surface area contributed by atoms with Crippen LogP contribution in [0.25, 0.3) is 16.8 Å². The first-order valence-corrected chi connectivity index (χ1v) is 7.05. The standard InChI is InChI=1S/C16H19N3O/c1-11(2)8-9-18-12(3)10-15(20)19-14-7-5-4-6-13(14)17-16(18)19/h4-7,10-11H,8-9H2,1-3H3. The van der Waals surface area contributed by atoms with Gasteiger partial charge in [0.15, 0.2) is 0 Å². The molecule has 0 aliphatic carbocycles. The van der Waals surface area contributed by atoms with Gasteiger partial charge in [-0.1, -0.05) is 26.0 Å². The van der Waals surface area contributed by atoms with Gasteiger partial charge in [0.2, 0.25) is 5.78 Å². The third-order valence-electron chi connectivity index (χ3n) is 3.69. The molecule has 104 valence electrons. The van der Waals surface area contributed by atoms with Crippen LogP contribution >= 0.6 is 0 Å². The van der Waals surface area contributed by atoms with E-state index >= 15 is 0 Å². The summed E-state index contributed by atoms with van der Waals surface area (Å²) < 4.78 is 3.85. The van der Waals surface area contributed by atoms with Gasteiger partial charge in [-0.3, -0.25) is 4.79 Å². The Hall–Kier alpha value is -2.10. The van der Waals surface area contributed by atoms with Crippen molar-refractivity contribution in [1.29, 1.82) is 0 Å². The zero-order valence-electron chi connectivity index (χ0n) is 12.1. The van der Waals surface area contributed by atoms with Gasteiger partial charge in [0.05, 0.1) is 11.0 Å². The van der Waals surface area contributed by atoms with Crippen molar-refractivity contribution in [2.45, 2.75) is 33.7 Å². The first-order chi connectivity index (χ1) is 9.58. The molecule has 0 radical (unpaired) electrons. The summed E-state index contributed by atoms with van der Waals surface area (Å²) in [7, 11) is 0. The van der Waals surface area contributed by atoms with E-state index in [0.717, 1.165) is 35.5 Å². The van der Waals surface area contributed by atoms with Crippen LogP contribution in [0.15, 0.2) is 35.1 Å². The summed E-state index contributed by atoms with van der Waals surface area (Å²) >= 11 is 0. The molecule has 20 heavy (non-hydrogen) atoms. The summed E-state index contributed by atoms with van der Waals surface area (Å²) in [6.07, 6.45) is 1.07. The van der Waals surface area contributed by atoms with Crippen molar-refractivity contribution in [2.24, 2.45) is 5.92 Å². The van der Waals surface area contributed by atoms with Crippen LogP contribution in [-0.2, 0) is 6.54 Å². The largest absolute Gasteiger partial charge is 0.315 e. The Bertz CT molecular complexity index is 827. The molecule has 2 heterocycles. The SMILES string of the molecule is Cc1cc(=O)n2c3ccccc3nc2n1CCC(C)C. The van der Waals surface area contributed by atoms with Gasteiger partial charge in [0.1, 0.15) is 0 Å². The van der Waals surface area contributed by atoms with E-state index in [4.69, 9.17) is 0 Å². The minimum absolute atomic E-state index is 0.00741. The molecule has 0 aliphatic rings. The van der Waals surface area contributed by atoms with Crippen LogP contribution < -0.4 is 5.56 Å². The van der Waals surface area contributed by atoms with E-state index in [-0.39, 0.29) is 5.56 Å². The molecule has 0 aliphatic heterocycles. The summed E-state index contributed by atoms with van der Waals surface area (Å²) in [4.78, 5) is 16.9. The quantitative estimate of drug-likeness (QED) is 0.733. The zero-order valence-corrected chi connectivity index (χ0v) is 12.1. The normalized spacial score (nSPS) is 11.8. The van der Waals surface area contributed by atoms with Crippen LogP contribution in [0.4, 0.5) is 0 Å². The fourth-order valence-electron chi connectivity index (χ4n) is 2.55. The van der Waals surface area contributed by atoms with Gasteiger partial charge in [-0.05, 0) is 31.4 Å². The maximum absolute atomic E-state index is 12.3. The lowest BCUT2D eigenvalue weighted by Gasteiger charge is -2.13. The lowest BCUT2D eigenvalue weighted by Crippen LogP contribution is -2.19. The number of imidazole rings is 1. The second kappa shape index (κ2) is 4.78. The third kappa shape index (κ3) is 2.01. The Kier molecular flexibility index (Phi) is 3.08. The number of benzene rings is 1. The number of nitrogens with zero attached hydrogens (tertiary/aromatic N) is 3. The van der Waals surface area contributed by atoms with Gasteiger partial charge in [-0.15, -0.1) is 0 Å². The fourth-order valence-corrected chi connectivity index (χ4v) is 2.55. The fraction of sp³-hybridized carbons (Fsp3) is 0.375. The van der Waals surface area contributed by atoms with Crippen LogP contribution in [0.2, 0.25) is 0 Å². The van der Waals surface area contributed by atoms with Crippen LogP contribution in [0, 0.1) is 12.8 Å². The first-order valence-electron chi connectivity index (χ1n) is 7.05. The Balaban J connectivity index is 2.31. The number of aromatic nitrogens is 3. The highest BCUT2D eigenvalue weighted by atomic mass is 16.1. The summed E-state index contributed by atoms with van der Waals surface area (Å²) in [5.74, 6) is 1.37. The van der Waals surface area contributed by atoms with Crippen LogP contribution in [-0.4, -0.2) is 14.0 Å². The summed E-state index contributed by atoms with van der Waals surface area (Å²) in [5, 5.41) is 0. The Morgan fingerprint density at radius 1 is 1.25 bits per heavy atom. The lowest BCUT2D eigenvalue weighted by molar-refractivity contribution is 0.511. The molecule has 1 aromatic carbocycles. The van der Waals surface area contributed by atoms with E-state index in [2.05, 4.69) is 23.4 Å². The van der Waals surface area contributed by atoms with Crippen molar-refractivity contribution in [2.75, 3.05) is 0 Å². The molecule has 0 unspecified atom stereocenters. The van der Waals surface area contributed by atoms with E-state index in [0.29, 0.717) is 5.92 Å². The van der Waals surface area contributed by atoms with Gasteiger partial charge in [-0.2, -0.15) is 0 Å². The van der Waals surface area contributed by atoms with Crippen molar-refractivity contribution >= 4 is 16.8 Å². The molecular formula is C16H19N3O. The summed E-state index contributed by atoms with van der Waals surface area (Å²) in [6.45, 7) is 7.27. The molecule has 0 fully saturated rings. The minimum atomic E-state index is -0.00741. The zero-order chi connectivity index (χ0) is 14.3. The molecule has 0 atom stereocenters. The van der Waals surface area contributed by atoms with Gasteiger partial charge in [0.25, 0.3) is 5.56 Å². The third-order valence-corrected chi connectivity index (χ3v) is 3.69. The molecule has 3 aromatic rings. The molecular weight excluding hydrogens is 250 g/mol. The van der Waals surface area contributed by atoms with E-state index < -0.39 is 0 Å². The number of rotatable bonds is 3. The molecule has 0 saturated heterocycles. The van der Waals surface area contributed by atoms with Crippen molar-refractivity contribution < 1.29 is 0 Å². The van der Waals surface area contributed by atoms with E-state index in [1.54, 1.807) is 10.5 Å². The van der Waals surface area contributed by atoms with Crippen LogP contribution in [0.5, 0.6) is 0 Å². The van der Waals surface area contributed by atoms with Crippen molar-refractivity contribution in [3.05, 3.63) is 46.4 Å². The van der Waals surface area contributed by atoms with Crippen molar-refractivity contribution in [3.63, 3.8) is 0 Å². The maximum atomic E-state index is 12.3. The maximum Gasteiger partial charge on any atom is 0.259 e. The predicted octanol–water partition coefficient (Wildman–Crippen LogP) is 3.00. The van der Waals surface area contributed by atoms with Gasteiger partial charge in [0, 0.05) is 18.3 Å². The smallest absolute Gasteiger partial charge is 0.259 e. The van der Waals surface area contributed by atoms with Gasteiger partial charge in [-0.25, -0.2) is 9.38 Å². The molecule has 4 heteroatoms. The average Bonchev–Trinajstić information content (AvgIpc) is 2.77. The number of aryl methyl sites for hydroxylation is 2.